The molecule has 0 aliphatic carbocycles. The second kappa shape index (κ2) is 66.7. The first-order valence-electron chi connectivity index (χ1n) is 37.8. The molecule has 0 aliphatic heterocycles. The van der Waals surface area contributed by atoms with Crippen LogP contribution >= 0.6 is 15.6 Å². The van der Waals surface area contributed by atoms with Crippen molar-refractivity contribution in [2.45, 2.75) is 399 Å². The van der Waals surface area contributed by atoms with Crippen molar-refractivity contribution in [1.29, 1.82) is 0 Å². The Balaban J connectivity index is 5.14. The molecular formula is C72H140O17P2. The highest BCUT2D eigenvalue weighted by Gasteiger charge is 2.30. The zero-order valence-electron chi connectivity index (χ0n) is 58.8. The van der Waals surface area contributed by atoms with Crippen molar-refractivity contribution in [3.63, 3.8) is 0 Å². The Hall–Kier alpha value is -1.94. The van der Waals surface area contributed by atoms with Gasteiger partial charge in [-0.05, 0) is 25.7 Å². The van der Waals surface area contributed by atoms with Crippen molar-refractivity contribution < 1.29 is 80.2 Å². The number of unbranched alkanes of at least 4 members (excludes halogenated alkanes) is 47. The minimum Gasteiger partial charge on any atom is -0.462 e. The molecule has 3 N–H and O–H groups in total. The summed E-state index contributed by atoms with van der Waals surface area (Å²) in [5.41, 5.74) is 0. The maximum absolute atomic E-state index is 13.0. The molecule has 0 radical (unpaired) electrons. The van der Waals surface area contributed by atoms with Gasteiger partial charge in [-0.15, -0.1) is 0 Å². The van der Waals surface area contributed by atoms with Crippen molar-refractivity contribution in [2.24, 2.45) is 0 Å². The molecule has 2 unspecified atom stereocenters. The van der Waals surface area contributed by atoms with Crippen molar-refractivity contribution in [3.8, 4) is 0 Å². The fourth-order valence-electron chi connectivity index (χ4n) is 11.0. The summed E-state index contributed by atoms with van der Waals surface area (Å²) in [7, 11) is -9.89. The van der Waals surface area contributed by atoms with E-state index in [4.69, 9.17) is 37.0 Å². The highest BCUT2D eigenvalue weighted by molar-refractivity contribution is 7.47. The van der Waals surface area contributed by atoms with Crippen LogP contribution in [0.5, 0.6) is 0 Å². The Morgan fingerprint density at radius 2 is 0.440 bits per heavy atom. The van der Waals surface area contributed by atoms with E-state index in [-0.39, 0.29) is 25.7 Å². The van der Waals surface area contributed by atoms with Gasteiger partial charge in [0.1, 0.15) is 19.3 Å². The number of rotatable bonds is 73. The second-order valence-electron chi connectivity index (χ2n) is 26.0. The molecule has 0 aliphatic rings. The van der Waals surface area contributed by atoms with E-state index in [0.29, 0.717) is 25.7 Å². The van der Waals surface area contributed by atoms with Gasteiger partial charge in [-0.2, -0.15) is 0 Å². The van der Waals surface area contributed by atoms with E-state index in [1.54, 1.807) is 0 Å². The highest BCUT2D eigenvalue weighted by Crippen LogP contribution is 2.45. The molecule has 0 heterocycles. The second-order valence-corrected chi connectivity index (χ2v) is 28.9. The molecule has 0 saturated carbocycles. The smallest absolute Gasteiger partial charge is 0.462 e. The molecule has 0 aromatic carbocycles. The highest BCUT2D eigenvalue weighted by atomic mass is 31.2. The number of hydrogen-bond donors (Lipinski definition) is 3. The molecule has 91 heavy (non-hydrogen) atoms. The van der Waals surface area contributed by atoms with Gasteiger partial charge in [-0.1, -0.05) is 329 Å². The number of carbonyl (C=O) groups excluding carboxylic acids is 4. The van der Waals surface area contributed by atoms with E-state index in [9.17, 15) is 43.2 Å². The molecule has 0 aromatic rings. The Labute approximate surface area is 556 Å². The molecule has 0 spiro atoms. The number of phosphoric ester groups is 2. The van der Waals surface area contributed by atoms with Crippen LogP contribution < -0.4 is 0 Å². The number of aliphatic hydroxyl groups is 1. The Bertz CT molecular complexity index is 1740. The minimum absolute atomic E-state index is 0.107. The minimum atomic E-state index is -4.95. The topological polar surface area (TPSA) is 237 Å². The van der Waals surface area contributed by atoms with Gasteiger partial charge in [-0.25, -0.2) is 9.13 Å². The van der Waals surface area contributed by atoms with Crippen LogP contribution in [0.4, 0.5) is 0 Å². The van der Waals surface area contributed by atoms with Crippen LogP contribution in [-0.2, 0) is 65.4 Å². The zero-order chi connectivity index (χ0) is 66.8. The van der Waals surface area contributed by atoms with Gasteiger partial charge in [0.05, 0.1) is 26.4 Å². The van der Waals surface area contributed by atoms with E-state index in [0.717, 1.165) is 96.3 Å². The average molecular weight is 1340 g/mol. The van der Waals surface area contributed by atoms with Gasteiger partial charge >= 0.3 is 39.5 Å². The van der Waals surface area contributed by atoms with Gasteiger partial charge in [0.15, 0.2) is 12.2 Å². The molecule has 19 heteroatoms. The van der Waals surface area contributed by atoms with E-state index in [1.807, 2.05) is 0 Å². The summed E-state index contributed by atoms with van der Waals surface area (Å²) < 4.78 is 68.2. The number of phosphoric acid groups is 2. The number of hydrogen-bond acceptors (Lipinski definition) is 15. The Kier molecular flexibility index (Phi) is 65.2. The average Bonchev–Trinajstić information content (AvgIpc) is 3.74. The first-order valence-corrected chi connectivity index (χ1v) is 40.8. The van der Waals surface area contributed by atoms with Crippen LogP contribution in [0.1, 0.15) is 381 Å². The lowest BCUT2D eigenvalue weighted by Gasteiger charge is -2.21. The van der Waals surface area contributed by atoms with Gasteiger partial charge < -0.3 is 33.8 Å². The van der Waals surface area contributed by atoms with Gasteiger partial charge in [0, 0.05) is 25.7 Å². The number of carbonyl (C=O) groups is 4. The van der Waals surface area contributed by atoms with Crippen LogP contribution in [0.2, 0.25) is 0 Å². The Morgan fingerprint density at radius 3 is 0.648 bits per heavy atom. The standard InChI is InChI=1S/C72H140O17P2/c1-5-9-13-17-21-25-28-30-31-32-33-34-35-36-37-38-40-43-47-51-55-59-72(77)89-68(63-83-70(75)57-53-49-45-42-39-29-26-22-18-14-10-6-2)65-87-91(80,81)85-61-66(73)60-84-90(78,79)86-64-67(62-82-69(74)56-52-48-44-24-20-16-12-8-4)88-71(76)58-54-50-46-41-27-23-19-15-11-7-3/h66-68,73H,5-65H2,1-4H3,(H,78,79)(H,80,81)/t66-,67+,68+/m0/s1. The summed E-state index contributed by atoms with van der Waals surface area (Å²) in [5.74, 6) is -2.12. The molecule has 0 amide bonds. The molecule has 540 valence electrons. The summed E-state index contributed by atoms with van der Waals surface area (Å²) in [6, 6.07) is 0. The van der Waals surface area contributed by atoms with E-state index >= 15 is 0 Å². The third-order valence-corrected chi connectivity index (χ3v) is 18.8. The lowest BCUT2D eigenvalue weighted by Crippen LogP contribution is -2.30. The fourth-order valence-corrected chi connectivity index (χ4v) is 12.6. The van der Waals surface area contributed by atoms with Gasteiger partial charge in [0.2, 0.25) is 0 Å². The normalized spacial score (nSPS) is 14.0. The number of esters is 4. The first-order chi connectivity index (χ1) is 44.2. The van der Waals surface area contributed by atoms with Crippen LogP contribution in [-0.4, -0.2) is 96.7 Å². The van der Waals surface area contributed by atoms with Crippen molar-refractivity contribution >= 4 is 39.5 Å². The lowest BCUT2D eigenvalue weighted by molar-refractivity contribution is -0.161. The molecule has 0 bridgehead atoms. The van der Waals surface area contributed by atoms with E-state index in [2.05, 4.69) is 27.7 Å². The summed E-state index contributed by atoms with van der Waals surface area (Å²) in [5, 5.41) is 10.6. The Morgan fingerprint density at radius 1 is 0.264 bits per heavy atom. The summed E-state index contributed by atoms with van der Waals surface area (Å²) >= 11 is 0. The predicted molar refractivity (Wildman–Crippen MR) is 368 cm³/mol. The van der Waals surface area contributed by atoms with E-state index < -0.39 is 97.5 Å². The van der Waals surface area contributed by atoms with Gasteiger partial charge in [-0.3, -0.25) is 37.3 Å². The SMILES string of the molecule is CCCCCCCCCCCCCCCCCCCCCCCC(=O)O[C@H](COC(=O)CCCCCCCCCCCCCC)COP(=O)(O)OC[C@@H](O)COP(=O)(O)OC[C@@H](COC(=O)CCCCCCCCCC)OC(=O)CCCCCCCCCCCC. The van der Waals surface area contributed by atoms with Crippen molar-refractivity contribution in [2.75, 3.05) is 39.6 Å². The third kappa shape index (κ3) is 66.5. The summed E-state index contributed by atoms with van der Waals surface area (Å²) in [6.45, 7) is 4.92. The molecular weight excluding hydrogens is 1200 g/mol. The van der Waals surface area contributed by atoms with Crippen LogP contribution in [0.15, 0.2) is 0 Å². The lowest BCUT2D eigenvalue weighted by atomic mass is 10.0. The molecule has 0 rings (SSSR count). The van der Waals surface area contributed by atoms with Crippen LogP contribution in [0.3, 0.4) is 0 Å². The van der Waals surface area contributed by atoms with Crippen molar-refractivity contribution in [3.05, 3.63) is 0 Å². The summed E-state index contributed by atoms with van der Waals surface area (Å²) in [6.07, 6.45) is 55.6. The third-order valence-electron chi connectivity index (χ3n) is 16.9. The predicted octanol–water partition coefficient (Wildman–Crippen LogP) is 21.1. The molecule has 0 saturated heterocycles. The molecule has 0 aromatic heterocycles. The summed E-state index contributed by atoms with van der Waals surface area (Å²) in [4.78, 5) is 72.5. The quantitative estimate of drug-likeness (QED) is 0.0222. The monoisotopic (exact) mass is 1340 g/mol. The molecule has 5 atom stereocenters. The zero-order valence-corrected chi connectivity index (χ0v) is 60.6. The van der Waals surface area contributed by atoms with Crippen molar-refractivity contribution in [1.82, 2.24) is 0 Å². The van der Waals surface area contributed by atoms with Crippen LogP contribution in [0, 0.1) is 0 Å². The van der Waals surface area contributed by atoms with Crippen LogP contribution in [0.25, 0.3) is 0 Å². The van der Waals surface area contributed by atoms with Gasteiger partial charge in [0.25, 0.3) is 0 Å². The maximum atomic E-state index is 13.0. The largest absolute Gasteiger partial charge is 0.472 e. The first kappa shape index (κ1) is 89.1. The maximum Gasteiger partial charge on any atom is 0.472 e. The number of aliphatic hydroxyl groups excluding tert-OH is 1. The molecule has 0 fully saturated rings. The van der Waals surface area contributed by atoms with E-state index in [1.165, 1.54) is 205 Å². The number of ether oxygens (including phenoxy) is 4. The fraction of sp³-hybridized carbons (Fsp3) is 0.944. The molecule has 17 nitrogen and oxygen atoms in total.